The largest absolute Gasteiger partial charge is 0.505 e. The first-order chi connectivity index (χ1) is 40.1. The molecule has 33 nitrogen and oxygen atoms in total. The molecule has 0 saturated carbocycles. The molecule has 0 bridgehead atoms. The van der Waals surface area contributed by atoms with Crippen LogP contribution in [0.2, 0.25) is 0 Å². The molecular formula is C45H43N11O22S7. The van der Waals surface area contributed by atoms with Crippen molar-refractivity contribution < 1.29 is 101 Å². The van der Waals surface area contributed by atoms with Crippen molar-refractivity contribution in [3.8, 4) is 29.2 Å². The molecule has 0 saturated heterocycles. The normalized spacial score (nSPS) is 12.5. The van der Waals surface area contributed by atoms with Crippen LogP contribution in [-0.2, 0) is 59.2 Å². The number of hydrogen-bond donors (Lipinski definition) is 8. The summed E-state index contributed by atoms with van der Waals surface area (Å²) in [5.41, 5.74) is -0.153. The summed E-state index contributed by atoms with van der Waals surface area (Å²) in [7, 11) is -15.7. The van der Waals surface area contributed by atoms with Gasteiger partial charge in [-0.1, -0.05) is 33.5 Å². The van der Waals surface area contributed by atoms with Gasteiger partial charge in [0.15, 0.2) is 22.0 Å². The van der Waals surface area contributed by atoms with Crippen molar-refractivity contribution in [3.63, 3.8) is 0 Å². The van der Waals surface area contributed by atoms with E-state index in [2.05, 4.69) is 59.4 Å². The number of ether oxygens (including phenoxy) is 2. The number of hydrogen-bond acceptors (Lipinski definition) is 31. The summed E-state index contributed by atoms with van der Waals surface area (Å²) in [6, 6.07) is 17.3. The van der Waals surface area contributed by atoms with Crippen molar-refractivity contribution in [2.24, 2.45) is 30.7 Å². The average molecular weight is 1310 g/mol. The Morgan fingerprint density at radius 1 is 0.741 bits per heavy atom. The lowest BCUT2D eigenvalue weighted by molar-refractivity contribution is -0.432. The number of phenolic OH excluding ortho intramolecular Hbond substituents is 1. The van der Waals surface area contributed by atoms with Gasteiger partial charge in [-0.2, -0.15) is 38.9 Å². The molecule has 0 fully saturated rings. The lowest BCUT2D eigenvalue weighted by Crippen LogP contribution is -2.27. The van der Waals surface area contributed by atoms with Crippen LogP contribution in [0.15, 0.2) is 112 Å². The van der Waals surface area contributed by atoms with E-state index in [4.69, 9.17) is 24.5 Å². The molecule has 3 aromatic heterocycles. The van der Waals surface area contributed by atoms with Crippen LogP contribution in [0.4, 0.5) is 39.3 Å². The van der Waals surface area contributed by atoms with Crippen molar-refractivity contribution in [1.29, 1.82) is 5.26 Å². The number of anilines is 1. The molecule has 452 valence electrons. The second-order valence-corrected chi connectivity index (χ2v) is 25.4. The van der Waals surface area contributed by atoms with Crippen molar-refractivity contribution in [2.75, 3.05) is 50.0 Å². The van der Waals surface area contributed by atoms with Gasteiger partial charge in [0.2, 0.25) is 11.0 Å². The molecule has 0 aliphatic carbocycles. The molecule has 8 N–H and O–H groups in total. The van der Waals surface area contributed by atoms with Crippen LogP contribution in [-0.4, -0.2) is 132 Å². The van der Waals surface area contributed by atoms with Gasteiger partial charge in [0, 0.05) is 47.9 Å². The van der Waals surface area contributed by atoms with Gasteiger partial charge in [-0.25, -0.2) is 20.5 Å². The second kappa shape index (κ2) is 27.3. The Labute approximate surface area is 492 Å². The highest BCUT2D eigenvalue weighted by Gasteiger charge is 2.27. The van der Waals surface area contributed by atoms with E-state index in [0.717, 1.165) is 35.5 Å². The number of pyridine rings is 1. The van der Waals surface area contributed by atoms with Crippen molar-refractivity contribution in [3.05, 3.63) is 77.9 Å². The first-order valence-electron chi connectivity index (χ1n) is 23.2. The minimum Gasteiger partial charge on any atom is -0.505 e. The zero-order chi connectivity index (χ0) is 62.2. The number of benzene rings is 5. The van der Waals surface area contributed by atoms with Gasteiger partial charge in [-0.3, -0.25) is 22.6 Å². The standard InChI is InChI=1S/C44H39N11O19S6.CH4O3S/c1-22-25(21-45)42-46-26-8-4-5-9-31(26)55(42)43(57)37(22)51-50-30-18-24-23(17-36(30)79(63,64)65)16-35(77-74-72-59)38(39(24)56)52-48-28-20-34(70-3)29(19-32(28)54(12-6-14-75-73-71-58)13-7-15-78(60,61)62)49-53-44-47-27-10-11-33(69-2)41(40(27)76-44)80(66,67)68;1-5(2,3)4/h4-5,8-11,16-20,56-59H,6-7,12-15H2,1-3H3,(H,60,61,62)(H,63,64,65)(H,66,67,68);1H3,(H,2,3,4). The fraction of sp³-hybridized carbons (Fsp3) is 0.222. The predicted octanol–water partition coefficient (Wildman–Crippen LogP) is 10.1. The van der Waals surface area contributed by atoms with Gasteiger partial charge in [0.1, 0.15) is 50.8 Å². The highest BCUT2D eigenvalue weighted by Crippen LogP contribution is 2.49. The Morgan fingerprint density at radius 2 is 1.40 bits per heavy atom. The summed E-state index contributed by atoms with van der Waals surface area (Å²) in [5.74, 6) is -1.99. The third kappa shape index (κ3) is 15.9. The number of aromatic nitrogens is 3. The molecule has 85 heavy (non-hydrogen) atoms. The van der Waals surface area contributed by atoms with Gasteiger partial charge in [0.05, 0.1) is 70.1 Å². The minimum atomic E-state index is -5.15. The summed E-state index contributed by atoms with van der Waals surface area (Å²) in [5, 5.41) is 84.1. The third-order valence-electron chi connectivity index (χ3n) is 11.5. The molecule has 0 radical (unpaired) electrons. The molecular weight excluding hydrogens is 1270 g/mol. The zero-order valence-corrected chi connectivity index (χ0v) is 49.4. The highest BCUT2D eigenvalue weighted by molar-refractivity contribution is 7.95. The van der Waals surface area contributed by atoms with E-state index < -0.39 is 79.0 Å². The van der Waals surface area contributed by atoms with Gasteiger partial charge in [-0.05, 0) is 73.7 Å². The number of rotatable bonds is 24. The van der Waals surface area contributed by atoms with E-state index in [1.165, 1.54) is 55.9 Å². The van der Waals surface area contributed by atoms with Crippen molar-refractivity contribution in [1.82, 2.24) is 14.4 Å². The van der Waals surface area contributed by atoms with E-state index in [9.17, 15) is 62.8 Å². The zero-order valence-electron chi connectivity index (χ0n) is 43.7. The first-order valence-corrected chi connectivity index (χ1v) is 32.0. The Morgan fingerprint density at radius 3 is 2.05 bits per heavy atom. The lowest BCUT2D eigenvalue weighted by atomic mass is 10.1. The predicted molar refractivity (Wildman–Crippen MR) is 304 cm³/mol. The monoisotopic (exact) mass is 1310 g/mol. The van der Waals surface area contributed by atoms with Crippen molar-refractivity contribution in [2.45, 2.75) is 34.5 Å². The van der Waals surface area contributed by atoms with Crippen LogP contribution in [0.1, 0.15) is 24.0 Å². The number of fused-ring (bicyclic) bond motifs is 5. The fourth-order valence-corrected chi connectivity index (χ4v) is 12.0. The van der Waals surface area contributed by atoms with Gasteiger partial charge >= 0.3 is 0 Å². The summed E-state index contributed by atoms with van der Waals surface area (Å²) in [4.78, 5) is 8.78. The molecule has 3 heterocycles. The number of aromatic hydroxyl groups is 2. The SMILES string of the molecule is COc1cc(N=Nc2c(SOOO)cc3cc(S(=O)(=O)O)c(N=Nc4c(C)c(C#N)c5nc6ccccc6n5c4O)cc3c2O)c(N(CCCSOOO)CCCS(=O)(=O)O)cc1N=Nc1nc2ccc(OC)c(S(=O)(=O)O)c2s1.CS(=O)(=O)O. The van der Waals surface area contributed by atoms with Gasteiger partial charge in [-0.15, -0.1) is 39.4 Å². The van der Waals surface area contributed by atoms with Crippen LogP contribution in [0.25, 0.3) is 37.7 Å². The quantitative estimate of drug-likeness (QED) is 0.00696. The minimum absolute atomic E-state index is 0.00119. The van der Waals surface area contributed by atoms with Crippen LogP contribution < -0.4 is 14.4 Å². The third-order valence-corrected chi connectivity index (χ3v) is 16.4. The van der Waals surface area contributed by atoms with E-state index in [1.54, 1.807) is 29.2 Å². The number of methoxy groups -OCH3 is 2. The maximum Gasteiger partial charge on any atom is 0.299 e. The first kappa shape index (κ1) is 65.1. The van der Waals surface area contributed by atoms with Crippen LogP contribution in [0, 0.1) is 18.3 Å². The Hall–Kier alpha value is -7.41. The molecule has 40 heteroatoms. The van der Waals surface area contributed by atoms with Crippen LogP contribution in [0.5, 0.6) is 23.1 Å². The van der Waals surface area contributed by atoms with Crippen LogP contribution >= 0.6 is 35.4 Å². The van der Waals surface area contributed by atoms with E-state index >= 15 is 0 Å². The topological polar surface area (TPSA) is 485 Å². The number of azo groups is 3. The Balaban J connectivity index is 0.00000198. The number of imidazole rings is 1. The van der Waals surface area contributed by atoms with E-state index in [1.807, 2.05) is 6.07 Å². The molecule has 0 spiro atoms. The molecule has 0 amide bonds. The molecule has 0 unspecified atom stereocenters. The summed E-state index contributed by atoms with van der Waals surface area (Å²) >= 11 is 1.72. The summed E-state index contributed by atoms with van der Waals surface area (Å²) in [6.45, 7) is 1.41. The number of phenols is 1. The Bertz CT molecular complexity index is 4480. The molecule has 8 rings (SSSR count). The van der Waals surface area contributed by atoms with Gasteiger partial charge < -0.3 is 24.6 Å². The number of nitrogens with zero attached hydrogens (tertiary/aromatic N) is 11. The summed E-state index contributed by atoms with van der Waals surface area (Å²) in [6.07, 6.45) is 0.790. The molecule has 5 aromatic carbocycles. The van der Waals surface area contributed by atoms with E-state index in [0.29, 0.717) is 17.3 Å². The lowest BCUT2D eigenvalue weighted by Gasteiger charge is -2.26. The molecule has 0 aliphatic heterocycles. The van der Waals surface area contributed by atoms with Crippen molar-refractivity contribution >= 4 is 153 Å². The summed E-state index contributed by atoms with van der Waals surface area (Å²) < 4.78 is 152. The van der Waals surface area contributed by atoms with E-state index in [-0.39, 0.29) is 126 Å². The molecule has 0 atom stereocenters. The fourth-order valence-electron chi connectivity index (χ4n) is 8.05. The van der Waals surface area contributed by atoms with Gasteiger partial charge in [0.25, 0.3) is 40.5 Å². The average Bonchev–Trinajstić information content (AvgIpc) is 2.34. The Kier molecular flexibility index (Phi) is 20.9. The maximum atomic E-state index is 12.9. The maximum absolute atomic E-state index is 12.9. The van der Waals surface area contributed by atoms with Crippen LogP contribution in [0.3, 0.4) is 0 Å². The smallest absolute Gasteiger partial charge is 0.299 e. The second-order valence-electron chi connectivity index (χ2n) is 17.1. The number of thiazole rings is 1. The number of para-hydroxylation sites is 2. The molecule has 8 aromatic rings. The molecule has 0 aliphatic rings. The number of nitriles is 1. The highest BCUT2D eigenvalue weighted by atomic mass is 32.2.